The summed E-state index contributed by atoms with van der Waals surface area (Å²) in [6, 6.07) is 4.36. The molecule has 0 aliphatic carbocycles. The molecule has 2 heterocycles. The third-order valence-corrected chi connectivity index (χ3v) is 4.39. The van der Waals surface area contributed by atoms with Crippen LogP contribution in [0.4, 0.5) is 0 Å². The van der Waals surface area contributed by atoms with Crippen molar-refractivity contribution < 1.29 is 0 Å². The summed E-state index contributed by atoms with van der Waals surface area (Å²) in [6.07, 6.45) is 2.91. The van der Waals surface area contributed by atoms with Gasteiger partial charge in [-0.2, -0.15) is 5.10 Å². The molecule has 2 aromatic rings. The van der Waals surface area contributed by atoms with E-state index in [1.54, 1.807) is 11.3 Å². The topological polar surface area (TPSA) is 29.9 Å². The molecule has 0 aliphatic heterocycles. The Kier molecular flexibility index (Phi) is 4.43. The van der Waals surface area contributed by atoms with E-state index in [-0.39, 0.29) is 0 Å². The van der Waals surface area contributed by atoms with Gasteiger partial charge in [-0.1, -0.05) is 18.5 Å². The summed E-state index contributed by atoms with van der Waals surface area (Å²) in [4.78, 5) is 1.30. The Balaban J connectivity index is 2.20. The molecule has 98 valence electrons. The Morgan fingerprint density at radius 2 is 2.28 bits per heavy atom. The van der Waals surface area contributed by atoms with Crippen LogP contribution in [0.25, 0.3) is 0 Å². The molecule has 1 unspecified atom stereocenters. The predicted molar refractivity (Wildman–Crippen MR) is 77.4 cm³/mol. The van der Waals surface area contributed by atoms with Crippen LogP contribution in [0.2, 0.25) is 4.34 Å². The van der Waals surface area contributed by atoms with Gasteiger partial charge in [-0.05, 0) is 25.6 Å². The molecule has 5 heteroatoms. The molecule has 1 N–H and O–H groups in total. The smallest absolute Gasteiger partial charge is 0.0931 e. The van der Waals surface area contributed by atoms with Gasteiger partial charge in [0.2, 0.25) is 0 Å². The Hall–Kier alpha value is -0.840. The molecule has 1 atom stereocenters. The molecule has 0 saturated carbocycles. The average molecular weight is 284 g/mol. The second-order valence-corrected chi connectivity index (χ2v) is 6.13. The van der Waals surface area contributed by atoms with Crippen molar-refractivity contribution >= 4 is 22.9 Å². The monoisotopic (exact) mass is 283 g/mol. The highest BCUT2D eigenvalue weighted by Crippen LogP contribution is 2.27. The van der Waals surface area contributed by atoms with E-state index >= 15 is 0 Å². The number of aryl methyl sites for hydroxylation is 1. The van der Waals surface area contributed by atoms with Crippen molar-refractivity contribution in [2.24, 2.45) is 7.05 Å². The van der Waals surface area contributed by atoms with E-state index in [1.807, 2.05) is 24.0 Å². The van der Waals surface area contributed by atoms with Gasteiger partial charge in [-0.25, -0.2) is 0 Å². The van der Waals surface area contributed by atoms with E-state index < -0.39 is 0 Å². The lowest BCUT2D eigenvalue weighted by Crippen LogP contribution is -2.23. The zero-order chi connectivity index (χ0) is 13.1. The maximum absolute atomic E-state index is 5.98. The Bertz CT molecular complexity index is 518. The van der Waals surface area contributed by atoms with Crippen LogP contribution in [0.5, 0.6) is 0 Å². The fourth-order valence-electron chi connectivity index (χ4n) is 2.06. The van der Waals surface area contributed by atoms with Gasteiger partial charge in [0.05, 0.1) is 10.5 Å². The quantitative estimate of drug-likeness (QED) is 0.912. The first kappa shape index (κ1) is 13.6. The van der Waals surface area contributed by atoms with Gasteiger partial charge in [0.1, 0.15) is 0 Å². The summed E-state index contributed by atoms with van der Waals surface area (Å²) >= 11 is 7.63. The molecule has 0 radical (unpaired) electrons. The molecule has 18 heavy (non-hydrogen) atoms. The summed E-state index contributed by atoms with van der Waals surface area (Å²) < 4.78 is 2.77. The standard InChI is InChI=1S/C13H18ClN3S/c1-4-15-12(7-10-5-6-13(14)18-10)11-8-16-17(3)9(11)2/h5-6,8,12,15H,4,7H2,1-3H3. The van der Waals surface area contributed by atoms with Crippen molar-refractivity contribution in [3.05, 3.63) is 38.8 Å². The summed E-state index contributed by atoms with van der Waals surface area (Å²) in [6.45, 7) is 5.17. The number of nitrogens with zero attached hydrogens (tertiary/aromatic N) is 2. The SMILES string of the molecule is CCNC(Cc1ccc(Cl)s1)c1cnn(C)c1C. The molecule has 2 rings (SSSR count). The van der Waals surface area contributed by atoms with Crippen molar-refractivity contribution in [1.29, 1.82) is 0 Å². The Morgan fingerprint density at radius 1 is 1.50 bits per heavy atom. The molecule has 0 bridgehead atoms. The fraction of sp³-hybridized carbons (Fsp3) is 0.462. The average Bonchev–Trinajstić information content (AvgIpc) is 2.87. The minimum atomic E-state index is 0.304. The molecule has 0 aromatic carbocycles. The minimum Gasteiger partial charge on any atom is -0.310 e. The summed E-state index contributed by atoms with van der Waals surface area (Å²) in [5.74, 6) is 0. The highest BCUT2D eigenvalue weighted by Gasteiger charge is 2.17. The van der Waals surface area contributed by atoms with E-state index in [4.69, 9.17) is 11.6 Å². The second kappa shape index (κ2) is 5.87. The lowest BCUT2D eigenvalue weighted by molar-refractivity contribution is 0.549. The van der Waals surface area contributed by atoms with E-state index in [2.05, 4.69) is 30.3 Å². The van der Waals surface area contributed by atoms with Crippen LogP contribution in [0.3, 0.4) is 0 Å². The van der Waals surface area contributed by atoms with Crippen LogP contribution < -0.4 is 5.32 Å². The number of aromatic nitrogens is 2. The first-order valence-corrected chi connectivity index (χ1v) is 7.27. The van der Waals surface area contributed by atoms with Gasteiger partial charge in [0, 0.05) is 35.6 Å². The van der Waals surface area contributed by atoms with Crippen LogP contribution in [-0.4, -0.2) is 16.3 Å². The zero-order valence-corrected chi connectivity index (χ0v) is 12.5. The van der Waals surface area contributed by atoms with Crippen molar-refractivity contribution in [2.75, 3.05) is 6.54 Å². The molecule has 0 aliphatic rings. The molecule has 0 fully saturated rings. The number of rotatable bonds is 5. The number of nitrogens with one attached hydrogen (secondary N) is 1. The summed E-state index contributed by atoms with van der Waals surface area (Å²) in [5.41, 5.74) is 2.48. The van der Waals surface area contributed by atoms with Gasteiger partial charge < -0.3 is 5.32 Å². The molecule has 0 amide bonds. The molecule has 2 aromatic heterocycles. The van der Waals surface area contributed by atoms with Crippen LogP contribution in [-0.2, 0) is 13.5 Å². The van der Waals surface area contributed by atoms with E-state index in [9.17, 15) is 0 Å². The summed E-state index contributed by atoms with van der Waals surface area (Å²) in [7, 11) is 1.98. The molecule has 3 nitrogen and oxygen atoms in total. The zero-order valence-electron chi connectivity index (χ0n) is 10.9. The number of hydrogen-bond donors (Lipinski definition) is 1. The largest absolute Gasteiger partial charge is 0.310 e. The maximum atomic E-state index is 5.98. The minimum absolute atomic E-state index is 0.304. The third-order valence-electron chi connectivity index (χ3n) is 3.13. The number of thiophene rings is 1. The number of hydrogen-bond acceptors (Lipinski definition) is 3. The van der Waals surface area contributed by atoms with E-state index in [1.165, 1.54) is 16.1 Å². The normalized spacial score (nSPS) is 12.9. The van der Waals surface area contributed by atoms with Gasteiger partial charge in [-0.3, -0.25) is 4.68 Å². The third kappa shape index (κ3) is 2.94. The highest BCUT2D eigenvalue weighted by atomic mass is 35.5. The van der Waals surface area contributed by atoms with Crippen LogP contribution in [0.15, 0.2) is 18.3 Å². The lowest BCUT2D eigenvalue weighted by Gasteiger charge is -2.17. The van der Waals surface area contributed by atoms with Crippen LogP contribution >= 0.6 is 22.9 Å². The highest BCUT2D eigenvalue weighted by molar-refractivity contribution is 7.16. The van der Waals surface area contributed by atoms with Crippen LogP contribution in [0, 0.1) is 6.92 Å². The maximum Gasteiger partial charge on any atom is 0.0931 e. The molecule has 0 spiro atoms. The van der Waals surface area contributed by atoms with Crippen molar-refractivity contribution in [3.8, 4) is 0 Å². The van der Waals surface area contributed by atoms with Crippen molar-refractivity contribution in [3.63, 3.8) is 0 Å². The first-order chi connectivity index (χ1) is 8.61. The number of likely N-dealkylation sites (N-methyl/N-ethyl adjacent to an activating group) is 1. The van der Waals surface area contributed by atoms with Crippen molar-refractivity contribution in [2.45, 2.75) is 26.3 Å². The van der Waals surface area contributed by atoms with E-state index in [0.29, 0.717) is 6.04 Å². The number of halogens is 1. The Morgan fingerprint density at radius 3 is 2.78 bits per heavy atom. The fourth-order valence-corrected chi connectivity index (χ4v) is 3.19. The van der Waals surface area contributed by atoms with Gasteiger partial charge in [-0.15, -0.1) is 11.3 Å². The van der Waals surface area contributed by atoms with Crippen LogP contribution in [0.1, 0.15) is 29.1 Å². The Labute approximate surface area is 117 Å². The van der Waals surface area contributed by atoms with E-state index in [0.717, 1.165) is 17.3 Å². The molecule has 0 saturated heterocycles. The molecular formula is C13H18ClN3S. The lowest BCUT2D eigenvalue weighted by atomic mass is 10.0. The van der Waals surface area contributed by atoms with Gasteiger partial charge in [0.15, 0.2) is 0 Å². The molecular weight excluding hydrogens is 266 g/mol. The second-order valence-electron chi connectivity index (χ2n) is 4.33. The van der Waals surface area contributed by atoms with Crippen molar-refractivity contribution in [1.82, 2.24) is 15.1 Å². The van der Waals surface area contributed by atoms with Gasteiger partial charge >= 0.3 is 0 Å². The predicted octanol–water partition coefficient (Wildman–Crippen LogP) is 3.34. The van der Waals surface area contributed by atoms with Gasteiger partial charge in [0.25, 0.3) is 0 Å². The summed E-state index contributed by atoms with van der Waals surface area (Å²) in [5, 5.41) is 7.84. The first-order valence-electron chi connectivity index (χ1n) is 6.08.